The Bertz CT molecular complexity index is 836. The lowest BCUT2D eigenvalue weighted by molar-refractivity contribution is -0.165. The molecule has 3 heteroatoms. The van der Waals surface area contributed by atoms with Crippen molar-refractivity contribution in [1.29, 1.82) is 0 Å². The van der Waals surface area contributed by atoms with Crippen molar-refractivity contribution in [2.24, 2.45) is 34.5 Å². The molecule has 0 bridgehead atoms. The molecule has 1 aliphatic heterocycles. The quantitative estimate of drug-likeness (QED) is 0.610. The topological polar surface area (TPSA) is 29.5 Å². The maximum Gasteiger partial charge on any atom is 0.222 e. The number of nitrogens with zero attached hydrogens (tertiary/aromatic N) is 1. The first-order valence-corrected chi connectivity index (χ1v) is 12.2. The largest absolute Gasteiger partial charge is 0.496 e. The number of ether oxygens (including phenoxy) is 1. The molecule has 5 rings (SSSR count). The fourth-order valence-corrected chi connectivity index (χ4v) is 8.93. The van der Waals surface area contributed by atoms with E-state index in [1.165, 1.54) is 37.7 Å². The van der Waals surface area contributed by atoms with Gasteiger partial charge in [0.25, 0.3) is 0 Å². The van der Waals surface area contributed by atoms with Gasteiger partial charge in [0.1, 0.15) is 5.75 Å². The summed E-state index contributed by atoms with van der Waals surface area (Å²) in [6, 6.07) is 9.17. The molecule has 3 aliphatic carbocycles. The number of methoxy groups -OCH3 is 1. The van der Waals surface area contributed by atoms with Crippen LogP contribution in [0.1, 0.15) is 77.2 Å². The average Bonchev–Trinajstić information content (AvgIpc) is 3.09. The van der Waals surface area contributed by atoms with E-state index in [0.717, 1.165) is 36.3 Å². The number of fused-ring (bicyclic) bond motifs is 5. The first-order valence-electron chi connectivity index (χ1n) is 12.2. The van der Waals surface area contributed by atoms with Crippen molar-refractivity contribution in [3.63, 3.8) is 0 Å². The lowest BCUT2D eigenvalue weighted by atomic mass is 9.44. The fraction of sp³-hybridized carbons (Fsp3) is 0.741. The van der Waals surface area contributed by atoms with Gasteiger partial charge in [-0.05, 0) is 90.6 Å². The molecule has 164 valence electrons. The van der Waals surface area contributed by atoms with Crippen LogP contribution in [0.3, 0.4) is 0 Å². The van der Waals surface area contributed by atoms with Crippen molar-refractivity contribution in [2.75, 3.05) is 14.2 Å². The van der Waals surface area contributed by atoms with Gasteiger partial charge >= 0.3 is 0 Å². The van der Waals surface area contributed by atoms with Gasteiger partial charge in [-0.15, -0.1) is 0 Å². The van der Waals surface area contributed by atoms with Gasteiger partial charge in [-0.2, -0.15) is 0 Å². The van der Waals surface area contributed by atoms with Crippen molar-refractivity contribution in [1.82, 2.24) is 4.90 Å². The van der Waals surface area contributed by atoms with Crippen molar-refractivity contribution < 1.29 is 9.53 Å². The number of rotatable bonds is 2. The molecule has 30 heavy (non-hydrogen) atoms. The second kappa shape index (κ2) is 7.00. The van der Waals surface area contributed by atoms with Crippen LogP contribution >= 0.6 is 0 Å². The Morgan fingerprint density at radius 3 is 2.53 bits per heavy atom. The van der Waals surface area contributed by atoms with Crippen LogP contribution in [-0.4, -0.2) is 31.0 Å². The molecule has 4 fully saturated rings. The van der Waals surface area contributed by atoms with E-state index in [9.17, 15) is 4.79 Å². The summed E-state index contributed by atoms with van der Waals surface area (Å²) in [4.78, 5) is 14.6. The van der Waals surface area contributed by atoms with Crippen LogP contribution in [0.25, 0.3) is 0 Å². The highest BCUT2D eigenvalue weighted by molar-refractivity contribution is 5.77. The molecule has 8 atom stereocenters. The molecule has 0 spiro atoms. The van der Waals surface area contributed by atoms with Gasteiger partial charge in [-0.1, -0.05) is 39.0 Å². The third-order valence-electron chi connectivity index (χ3n) is 10.4. The number of benzene rings is 1. The van der Waals surface area contributed by atoms with E-state index in [1.807, 2.05) is 7.11 Å². The molecule has 4 aliphatic rings. The minimum absolute atomic E-state index is 0.295. The van der Waals surface area contributed by atoms with E-state index in [0.29, 0.717) is 34.6 Å². The van der Waals surface area contributed by atoms with E-state index in [-0.39, 0.29) is 0 Å². The molecule has 1 saturated heterocycles. The Morgan fingerprint density at radius 2 is 1.77 bits per heavy atom. The normalized spacial score (nSPS) is 45.5. The first kappa shape index (κ1) is 20.4. The van der Waals surface area contributed by atoms with Gasteiger partial charge in [0.15, 0.2) is 0 Å². The zero-order valence-corrected chi connectivity index (χ0v) is 19.5. The molecule has 3 saturated carbocycles. The van der Waals surface area contributed by atoms with Crippen molar-refractivity contribution >= 4 is 5.91 Å². The lowest BCUT2D eigenvalue weighted by Crippen LogP contribution is -2.63. The highest BCUT2D eigenvalue weighted by Gasteiger charge is 2.63. The molecular formula is C27H39NO2. The standard InChI is InChI=1S/C27H39NO2/c1-17-16-23-27(3,15-13-24(29)28(23)4)21-12-14-26(2)19(10-11-20(26)25(17)21)18-8-6-7-9-22(18)30-5/h6-9,17,19-21,23,25H,10-16H2,1-5H3/t17-,19+,20-,21-,23+,25-,26+,27+/m0/s1. The molecule has 0 unspecified atom stereocenters. The Hall–Kier alpha value is -1.51. The Labute approximate surface area is 182 Å². The van der Waals surface area contributed by atoms with Gasteiger partial charge in [-0.25, -0.2) is 0 Å². The highest BCUT2D eigenvalue weighted by atomic mass is 16.5. The Kier molecular flexibility index (Phi) is 4.76. The molecule has 1 aromatic rings. The van der Waals surface area contributed by atoms with E-state index in [1.54, 1.807) is 0 Å². The zero-order chi connectivity index (χ0) is 21.3. The van der Waals surface area contributed by atoms with E-state index in [4.69, 9.17) is 4.74 Å². The summed E-state index contributed by atoms with van der Waals surface area (Å²) in [7, 11) is 3.88. The minimum atomic E-state index is 0.295. The second-order valence-corrected chi connectivity index (χ2v) is 11.4. The predicted molar refractivity (Wildman–Crippen MR) is 120 cm³/mol. The number of carbonyl (C=O) groups is 1. The van der Waals surface area contributed by atoms with Crippen LogP contribution in [0.4, 0.5) is 0 Å². The maximum atomic E-state index is 12.5. The van der Waals surface area contributed by atoms with Crippen LogP contribution in [0.15, 0.2) is 24.3 Å². The van der Waals surface area contributed by atoms with E-state index < -0.39 is 0 Å². The number of amides is 1. The van der Waals surface area contributed by atoms with Gasteiger partial charge in [-0.3, -0.25) is 4.79 Å². The monoisotopic (exact) mass is 409 g/mol. The molecular weight excluding hydrogens is 370 g/mol. The summed E-state index contributed by atoms with van der Waals surface area (Å²) in [6.45, 7) is 7.61. The van der Waals surface area contributed by atoms with Crippen LogP contribution in [0, 0.1) is 34.5 Å². The average molecular weight is 410 g/mol. The number of carbonyl (C=O) groups excluding carboxylic acids is 1. The van der Waals surface area contributed by atoms with Crippen molar-refractivity contribution in [3.05, 3.63) is 29.8 Å². The van der Waals surface area contributed by atoms with Crippen LogP contribution in [0.2, 0.25) is 0 Å². The number of hydrogen-bond acceptors (Lipinski definition) is 2. The SMILES string of the molecule is COc1ccccc1[C@H]1CC[C@H]2[C@@H]3[C@@H](C)C[C@H]4N(C)C(=O)CC[C@]4(C)[C@H]3CC[C@]12C. The minimum Gasteiger partial charge on any atom is -0.496 e. The predicted octanol–water partition coefficient (Wildman–Crippen LogP) is 5.89. The molecule has 3 nitrogen and oxygen atoms in total. The molecule has 1 aromatic carbocycles. The zero-order valence-electron chi connectivity index (χ0n) is 19.5. The fourth-order valence-electron chi connectivity index (χ4n) is 8.93. The summed E-state index contributed by atoms with van der Waals surface area (Å²) in [6.07, 6.45) is 8.29. The summed E-state index contributed by atoms with van der Waals surface area (Å²) in [5.74, 6) is 5.09. The van der Waals surface area contributed by atoms with Gasteiger partial charge in [0.2, 0.25) is 5.91 Å². The van der Waals surface area contributed by atoms with E-state index >= 15 is 0 Å². The molecule has 0 radical (unpaired) electrons. The van der Waals surface area contributed by atoms with E-state index in [2.05, 4.69) is 57.0 Å². The summed E-state index contributed by atoms with van der Waals surface area (Å²) in [5.41, 5.74) is 2.09. The van der Waals surface area contributed by atoms with Crippen LogP contribution in [-0.2, 0) is 4.79 Å². The Morgan fingerprint density at radius 1 is 1.03 bits per heavy atom. The summed E-state index contributed by atoms with van der Waals surface area (Å²) >= 11 is 0. The number of piperidine rings is 1. The first-order chi connectivity index (χ1) is 14.3. The lowest BCUT2D eigenvalue weighted by Gasteiger charge is -2.63. The van der Waals surface area contributed by atoms with Crippen molar-refractivity contribution in [3.8, 4) is 5.75 Å². The summed E-state index contributed by atoms with van der Waals surface area (Å²) < 4.78 is 5.78. The summed E-state index contributed by atoms with van der Waals surface area (Å²) in [5, 5.41) is 0. The maximum absolute atomic E-state index is 12.5. The number of para-hydroxylation sites is 1. The third kappa shape index (κ3) is 2.66. The Balaban J connectivity index is 1.49. The number of likely N-dealkylation sites (tertiary alicyclic amines) is 1. The molecule has 1 heterocycles. The molecule has 1 amide bonds. The second-order valence-electron chi connectivity index (χ2n) is 11.4. The molecule has 0 aromatic heterocycles. The van der Waals surface area contributed by atoms with Gasteiger partial charge in [0.05, 0.1) is 7.11 Å². The number of hydrogen-bond donors (Lipinski definition) is 0. The van der Waals surface area contributed by atoms with Crippen LogP contribution < -0.4 is 4.74 Å². The smallest absolute Gasteiger partial charge is 0.222 e. The molecule has 0 N–H and O–H groups in total. The highest BCUT2D eigenvalue weighted by Crippen LogP contribution is 2.69. The van der Waals surface area contributed by atoms with Gasteiger partial charge in [0, 0.05) is 19.5 Å². The van der Waals surface area contributed by atoms with Gasteiger partial charge < -0.3 is 9.64 Å². The third-order valence-corrected chi connectivity index (χ3v) is 10.4. The van der Waals surface area contributed by atoms with Crippen molar-refractivity contribution in [2.45, 2.75) is 77.7 Å². The van der Waals surface area contributed by atoms with Crippen LogP contribution in [0.5, 0.6) is 5.75 Å².